The van der Waals surface area contributed by atoms with Crippen molar-refractivity contribution in [2.24, 2.45) is 0 Å². The average Bonchev–Trinajstić information content (AvgIpc) is 1.93. The molecule has 0 aliphatic carbocycles. The van der Waals surface area contributed by atoms with Crippen LogP contribution in [-0.4, -0.2) is 37.1 Å². The van der Waals surface area contributed by atoms with Gasteiger partial charge in [-0.15, -0.1) is 0 Å². The summed E-state index contributed by atoms with van der Waals surface area (Å²) in [5, 5.41) is 9.33. The van der Waals surface area contributed by atoms with Crippen molar-refractivity contribution >= 4 is 25.9 Å². The summed E-state index contributed by atoms with van der Waals surface area (Å²) in [6.07, 6.45) is 0.553. The fourth-order valence-electron chi connectivity index (χ4n) is 1.31. The van der Waals surface area contributed by atoms with E-state index >= 15 is 0 Å². The Bertz CT molecular complexity index is 180. The van der Waals surface area contributed by atoms with Crippen LogP contribution in [0.3, 0.4) is 0 Å². The molecule has 3 nitrogen and oxygen atoms in total. The fourth-order valence-corrected chi connectivity index (χ4v) is 9.94. The third-order valence-corrected chi connectivity index (χ3v) is 10.4. The minimum absolute atomic E-state index is 0.245. The van der Waals surface area contributed by atoms with Gasteiger partial charge in [-0.1, -0.05) is 0 Å². The topological polar surface area (TPSA) is 38.7 Å². The number of rotatable bonds is 7. The highest BCUT2D eigenvalue weighted by Crippen LogP contribution is 2.16. The van der Waals surface area contributed by atoms with Gasteiger partial charge in [0, 0.05) is 0 Å². The number of aliphatic hydroxyl groups excluding tert-OH is 1. The van der Waals surface area contributed by atoms with E-state index in [4.69, 9.17) is 8.23 Å². The smallest absolute Gasteiger partial charge is 0.300 e. The fraction of sp³-hybridized carbons (Fsp3) is 1.00. The van der Waals surface area contributed by atoms with Crippen molar-refractivity contribution in [2.75, 3.05) is 0 Å². The summed E-state index contributed by atoms with van der Waals surface area (Å²) in [6.45, 7) is 15.0. The van der Waals surface area contributed by atoms with E-state index in [0.29, 0.717) is 0 Å². The van der Waals surface area contributed by atoms with E-state index in [2.05, 4.69) is 39.3 Å². The molecule has 0 spiro atoms. The summed E-state index contributed by atoms with van der Waals surface area (Å²) in [5.74, 6) is 0. The van der Waals surface area contributed by atoms with Crippen molar-refractivity contribution in [3.63, 3.8) is 0 Å². The van der Waals surface area contributed by atoms with E-state index in [9.17, 15) is 5.11 Å². The molecule has 0 aromatic carbocycles. The maximum atomic E-state index is 9.33. The molecule has 0 aromatic rings. The van der Waals surface area contributed by atoms with Crippen LogP contribution in [0.1, 0.15) is 13.3 Å². The Morgan fingerprint density at radius 1 is 1.00 bits per heavy atom. The second-order valence-electron chi connectivity index (χ2n) is 6.32. The minimum atomic E-state index is -1.58. The van der Waals surface area contributed by atoms with E-state index in [0.717, 1.165) is 12.5 Å². The Balaban J connectivity index is 4.28. The van der Waals surface area contributed by atoms with Crippen LogP contribution < -0.4 is 0 Å². The predicted molar refractivity (Wildman–Crippen MR) is 77.1 cm³/mol. The summed E-state index contributed by atoms with van der Waals surface area (Å²) >= 11 is 0. The largest absolute Gasteiger partial charge is 0.439 e. The van der Waals surface area contributed by atoms with Gasteiger partial charge in [-0.3, -0.25) is 0 Å². The minimum Gasteiger partial charge on any atom is -0.439 e. The zero-order chi connectivity index (χ0) is 13.0. The van der Waals surface area contributed by atoms with Crippen molar-refractivity contribution < 1.29 is 13.3 Å². The van der Waals surface area contributed by atoms with Gasteiger partial charge in [-0.25, -0.2) is 0 Å². The Labute approximate surface area is 104 Å². The molecule has 0 heterocycles. The van der Waals surface area contributed by atoms with Crippen LogP contribution in [0.2, 0.25) is 45.3 Å². The normalized spacial score (nSPS) is 15.6. The van der Waals surface area contributed by atoms with E-state index in [1.807, 2.05) is 6.92 Å². The van der Waals surface area contributed by atoms with Crippen molar-refractivity contribution in [1.82, 2.24) is 0 Å². The monoisotopic (exact) mass is 280 g/mol. The molecule has 0 aliphatic rings. The first-order chi connectivity index (χ1) is 6.99. The maximum absolute atomic E-state index is 9.33. The lowest BCUT2D eigenvalue weighted by molar-refractivity contribution is 0.188. The highest BCUT2D eigenvalue weighted by Gasteiger charge is 2.28. The molecule has 0 amide bonds. The summed E-state index contributed by atoms with van der Waals surface area (Å²) in [5.41, 5.74) is 0. The first kappa shape index (κ1) is 16.5. The van der Waals surface area contributed by atoms with Crippen LogP contribution in [0, 0.1) is 0 Å². The van der Waals surface area contributed by atoms with Gasteiger partial charge in [-0.05, 0) is 58.7 Å². The van der Waals surface area contributed by atoms with Crippen molar-refractivity contribution in [3.8, 4) is 0 Å². The van der Waals surface area contributed by atoms with Crippen molar-refractivity contribution in [3.05, 3.63) is 0 Å². The second-order valence-corrected chi connectivity index (χ2v) is 18.1. The van der Waals surface area contributed by atoms with Crippen molar-refractivity contribution in [2.45, 2.75) is 64.8 Å². The third kappa shape index (κ3) is 11.0. The summed E-state index contributed by atoms with van der Waals surface area (Å²) in [4.78, 5) is 0. The first-order valence-corrected chi connectivity index (χ1v) is 14.6. The molecular weight excluding hydrogens is 252 g/mol. The molecule has 16 heavy (non-hydrogen) atoms. The zero-order valence-electron chi connectivity index (χ0n) is 11.8. The molecular formula is C10H28O3Si3. The van der Waals surface area contributed by atoms with Gasteiger partial charge in [0.2, 0.25) is 0 Å². The van der Waals surface area contributed by atoms with Crippen LogP contribution in [0.25, 0.3) is 0 Å². The molecule has 98 valence electrons. The van der Waals surface area contributed by atoms with Crippen LogP contribution in [0.15, 0.2) is 0 Å². The van der Waals surface area contributed by atoms with Gasteiger partial charge in [0.05, 0.1) is 6.10 Å². The molecule has 0 radical (unpaired) electrons. The molecule has 0 bridgehead atoms. The predicted octanol–water partition coefficient (Wildman–Crippen LogP) is 2.68. The Hall–Kier alpha value is 0.531. The van der Waals surface area contributed by atoms with E-state index in [1.165, 1.54) is 0 Å². The molecule has 1 atom stereocenters. The van der Waals surface area contributed by atoms with Crippen LogP contribution in [-0.2, 0) is 8.23 Å². The molecule has 0 fully saturated rings. The van der Waals surface area contributed by atoms with E-state index < -0.39 is 25.9 Å². The molecule has 0 saturated heterocycles. The van der Waals surface area contributed by atoms with Gasteiger partial charge >= 0.3 is 9.28 Å². The zero-order valence-corrected chi connectivity index (χ0v) is 15.0. The van der Waals surface area contributed by atoms with E-state index in [1.54, 1.807) is 0 Å². The molecule has 0 aliphatic heterocycles. The lowest BCUT2D eigenvalue weighted by Crippen LogP contribution is -2.43. The van der Waals surface area contributed by atoms with Gasteiger partial charge in [0.15, 0.2) is 16.6 Å². The second kappa shape index (κ2) is 6.46. The van der Waals surface area contributed by atoms with Gasteiger partial charge < -0.3 is 13.3 Å². The maximum Gasteiger partial charge on any atom is 0.300 e. The Morgan fingerprint density at radius 2 is 1.38 bits per heavy atom. The number of hydrogen-bond acceptors (Lipinski definition) is 3. The lowest BCUT2D eigenvalue weighted by Gasteiger charge is -2.30. The first-order valence-electron chi connectivity index (χ1n) is 6.03. The van der Waals surface area contributed by atoms with Crippen LogP contribution in [0.4, 0.5) is 0 Å². The highest BCUT2D eigenvalue weighted by molar-refractivity contribution is 6.81. The average molecular weight is 281 g/mol. The summed E-state index contributed by atoms with van der Waals surface area (Å²) < 4.78 is 12.3. The van der Waals surface area contributed by atoms with E-state index in [-0.39, 0.29) is 6.10 Å². The Morgan fingerprint density at radius 3 is 1.62 bits per heavy atom. The number of aliphatic hydroxyl groups is 1. The van der Waals surface area contributed by atoms with Crippen molar-refractivity contribution in [1.29, 1.82) is 0 Å². The third-order valence-electron chi connectivity index (χ3n) is 1.79. The van der Waals surface area contributed by atoms with Crippen LogP contribution in [0.5, 0.6) is 0 Å². The molecule has 0 saturated carbocycles. The molecule has 1 N–H and O–H groups in total. The van der Waals surface area contributed by atoms with Gasteiger partial charge in [0.25, 0.3) is 0 Å². The van der Waals surface area contributed by atoms with Crippen LogP contribution >= 0.6 is 0 Å². The summed E-state index contributed by atoms with van der Waals surface area (Å²) in [6, 6.07) is 0.923. The lowest BCUT2D eigenvalue weighted by atomic mass is 10.3. The van der Waals surface area contributed by atoms with Gasteiger partial charge in [0.1, 0.15) is 0 Å². The van der Waals surface area contributed by atoms with Gasteiger partial charge in [-0.2, -0.15) is 0 Å². The quantitative estimate of drug-likeness (QED) is 0.729. The Kier molecular flexibility index (Phi) is 6.67. The highest BCUT2D eigenvalue weighted by atomic mass is 28.4. The molecule has 1 unspecified atom stereocenters. The molecule has 6 heteroatoms. The molecule has 0 aromatic heterocycles. The number of hydrogen-bond donors (Lipinski definition) is 1. The molecule has 0 rings (SSSR count). The SMILES string of the molecule is CC(O)CC[SiH](O[Si](C)(C)C)O[Si](C)(C)C. The standard InChI is InChI=1S/C10H28O3Si3/c1-10(11)8-9-14(12-15(2,3)4)13-16(5,6)7/h10-11,14H,8-9H2,1-7H3. The summed E-state index contributed by atoms with van der Waals surface area (Å²) in [7, 11) is -4.61.